The van der Waals surface area contributed by atoms with Gasteiger partial charge in [0.15, 0.2) is 0 Å². The average molecular weight is 350 g/mol. The van der Waals surface area contributed by atoms with Crippen molar-refractivity contribution in [2.24, 2.45) is 0 Å². The lowest BCUT2D eigenvalue weighted by Crippen LogP contribution is -2.38. The quantitative estimate of drug-likeness (QED) is 0.630. The minimum atomic E-state index is -0.00165. The molecule has 1 aliphatic rings. The van der Waals surface area contributed by atoms with E-state index in [4.69, 9.17) is 14.2 Å². The zero-order chi connectivity index (χ0) is 18.1. The Morgan fingerprint density at radius 2 is 1.88 bits per heavy atom. The van der Waals surface area contributed by atoms with Crippen molar-refractivity contribution in [2.45, 2.75) is 25.4 Å². The summed E-state index contributed by atoms with van der Waals surface area (Å²) in [6, 6.07) is 1.92. The minimum Gasteiger partial charge on any atom is -0.481 e. The first kappa shape index (κ1) is 19.5. The lowest BCUT2D eigenvalue weighted by atomic mass is 10.2. The number of methoxy groups -OCH3 is 2. The molecule has 0 spiro atoms. The van der Waals surface area contributed by atoms with Gasteiger partial charge in [-0.05, 0) is 39.4 Å². The summed E-state index contributed by atoms with van der Waals surface area (Å²) in [7, 11) is 5.30. The summed E-state index contributed by atoms with van der Waals surface area (Å²) in [6.45, 7) is 9.03. The molecule has 1 aromatic rings. The van der Waals surface area contributed by atoms with Gasteiger partial charge < -0.3 is 19.1 Å². The molecular formula is C18H30N4O3. The fourth-order valence-electron chi connectivity index (χ4n) is 2.86. The Hall–Kier alpha value is -1.86. The molecule has 0 unspecified atom stereocenters. The molecule has 140 valence electrons. The molecule has 1 saturated heterocycles. The average Bonchev–Trinajstić information content (AvgIpc) is 2.83. The highest BCUT2D eigenvalue weighted by atomic mass is 16.5. The first-order chi connectivity index (χ1) is 12.1. The molecule has 25 heavy (non-hydrogen) atoms. The summed E-state index contributed by atoms with van der Waals surface area (Å²) in [6.07, 6.45) is 4.85. The van der Waals surface area contributed by atoms with Gasteiger partial charge in [-0.3, -0.25) is 4.90 Å². The van der Waals surface area contributed by atoms with Crippen molar-refractivity contribution in [1.82, 2.24) is 19.8 Å². The van der Waals surface area contributed by atoms with E-state index in [2.05, 4.69) is 33.4 Å². The SMILES string of the molecule is C=CCC[C@@H](CN1CCCN(C)CC1)Oc1nc(OC)cc(OC)n1. The number of hydrogen-bond acceptors (Lipinski definition) is 7. The maximum atomic E-state index is 6.09. The van der Waals surface area contributed by atoms with Gasteiger partial charge in [0, 0.05) is 19.6 Å². The van der Waals surface area contributed by atoms with Crippen LogP contribution in [0.5, 0.6) is 17.8 Å². The van der Waals surface area contributed by atoms with E-state index in [1.807, 2.05) is 6.08 Å². The first-order valence-corrected chi connectivity index (χ1v) is 8.80. The molecule has 0 aliphatic carbocycles. The van der Waals surface area contributed by atoms with Gasteiger partial charge in [0.1, 0.15) is 6.10 Å². The van der Waals surface area contributed by atoms with Gasteiger partial charge in [-0.1, -0.05) is 6.08 Å². The lowest BCUT2D eigenvalue weighted by Gasteiger charge is -2.26. The number of aromatic nitrogens is 2. The third kappa shape index (κ3) is 6.51. The van der Waals surface area contributed by atoms with Crippen molar-refractivity contribution in [2.75, 3.05) is 54.0 Å². The van der Waals surface area contributed by atoms with Crippen molar-refractivity contribution in [1.29, 1.82) is 0 Å². The summed E-state index contributed by atoms with van der Waals surface area (Å²) in [5.74, 6) is 0.862. The molecule has 7 heteroatoms. The zero-order valence-corrected chi connectivity index (χ0v) is 15.6. The van der Waals surface area contributed by atoms with Crippen LogP contribution in [0, 0.1) is 0 Å². The van der Waals surface area contributed by atoms with Gasteiger partial charge in [0.2, 0.25) is 11.8 Å². The van der Waals surface area contributed by atoms with Gasteiger partial charge >= 0.3 is 6.01 Å². The van der Waals surface area contributed by atoms with Crippen LogP contribution in [0.2, 0.25) is 0 Å². The zero-order valence-electron chi connectivity index (χ0n) is 15.6. The Morgan fingerprint density at radius 3 is 2.52 bits per heavy atom. The van der Waals surface area contributed by atoms with Gasteiger partial charge in [-0.2, -0.15) is 9.97 Å². The Kier molecular flexibility index (Phi) is 7.94. The topological polar surface area (TPSA) is 60.0 Å². The molecule has 0 bridgehead atoms. The van der Waals surface area contributed by atoms with Crippen molar-refractivity contribution in [3.63, 3.8) is 0 Å². The predicted molar refractivity (Wildman–Crippen MR) is 97.5 cm³/mol. The summed E-state index contributed by atoms with van der Waals surface area (Å²) >= 11 is 0. The van der Waals surface area contributed by atoms with E-state index in [9.17, 15) is 0 Å². The van der Waals surface area contributed by atoms with Crippen LogP contribution < -0.4 is 14.2 Å². The molecule has 1 aliphatic heterocycles. The molecule has 0 aromatic carbocycles. The summed E-state index contributed by atoms with van der Waals surface area (Å²) in [5.41, 5.74) is 0. The molecule has 0 N–H and O–H groups in total. The summed E-state index contributed by atoms with van der Waals surface area (Å²) in [5, 5.41) is 0. The van der Waals surface area contributed by atoms with Crippen LogP contribution in [0.1, 0.15) is 19.3 Å². The fourth-order valence-corrected chi connectivity index (χ4v) is 2.86. The smallest absolute Gasteiger partial charge is 0.323 e. The monoisotopic (exact) mass is 350 g/mol. The fraction of sp³-hybridized carbons (Fsp3) is 0.667. The van der Waals surface area contributed by atoms with E-state index >= 15 is 0 Å². The second kappa shape index (κ2) is 10.2. The molecule has 1 atom stereocenters. The van der Waals surface area contributed by atoms with E-state index in [0.29, 0.717) is 11.8 Å². The summed E-state index contributed by atoms with van der Waals surface area (Å²) in [4.78, 5) is 13.4. The Bertz CT molecular complexity index is 519. The summed E-state index contributed by atoms with van der Waals surface area (Å²) < 4.78 is 16.5. The highest BCUT2D eigenvalue weighted by molar-refractivity contribution is 5.22. The van der Waals surface area contributed by atoms with Crippen LogP contribution in [0.25, 0.3) is 0 Å². The van der Waals surface area contributed by atoms with Crippen molar-refractivity contribution < 1.29 is 14.2 Å². The minimum absolute atomic E-state index is 0.00165. The van der Waals surface area contributed by atoms with Crippen LogP contribution in [-0.4, -0.2) is 79.9 Å². The third-order valence-electron chi connectivity index (χ3n) is 4.32. The Balaban J connectivity index is 2.04. The van der Waals surface area contributed by atoms with E-state index in [1.165, 1.54) is 6.42 Å². The van der Waals surface area contributed by atoms with Crippen LogP contribution in [-0.2, 0) is 0 Å². The lowest BCUT2D eigenvalue weighted by molar-refractivity contribution is 0.116. The van der Waals surface area contributed by atoms with E-state index in [1.54, 1.807) is 20.3 Å². The number of allylic oxidation sites excluding steroid dienone is 1. The van der Waals surface area contributed by atoms with Gasteiger partial charge in [-0.15, -0.1) is 6.58 Å². The molecule has 0 amide bonds. The number of hydrogen-bond donors (Lipinski definition) is 0. The normalized spacial score (nSPS) is 17.6. The van der Waals surface area contributed by atoms with Gasteiger partial charge in [0.05, 0.1) is 20.3 Å². The van der Waals surface area contributed by atoms with Crippen LogP contribution >= 0.6 is 0 Å². The number of ether oxygens (including phenoxy) is 3. The van der Waals surface area contributed by atoms with Crippen molar-refractivity contribution in [3.05, 3.63) is 18.7 Å². The maximum Gasteiger partial charge on any atom is 0.323 e. The Morgan fingerprint density at radius 1 is 1.16 bits per heavy atom. The van der Waals surface area contributed by atoms with Crippen molar-refractivity contribution >= 4 is 0 Å². The van der Waals surface area contributed by atoms with E-state index in [-0.39, 0.29) is 12.1 Å². The molecule has 2 rings (SSSR count). The molecule has 7 nitrogen and oxygen atoms in total. The van der Waals surface area contributed by atoms with Gasteiger partial charge in [-0.25, -0.2) is 0 Å². The van der Waals surface area contributed by atoms with Crippen molar-refractivity contribution in [3.8, 4) is 17.8 Å². The van der Waals surface area contributed by atoms with Crippen LogP contribution in [0.15, 0.2) is 18.7 Å². The molecule has 2 heterocycles. The molecular weight excluding hydrogens is 320 g/mol. The largest absolute Gasteiger partial charge is 0.481 e. The number of likely N-dealkylation sites (N-methyl/N-ethyl adjacent to an activating group) is 1. The first-order valence-electron chi connectivity index (χ1n) is 8.80. The second-order valence-corrected chi connectivity index (χ2v) is 6.30. The number of rotatable bonds is 9. The molecule has 0 radical (unpaired) electrons. The van der Waals surface area contributed by atoms with Gasteiger partial charge in [0.25, 0.3) is 0 Å². The second-order valence-electron chi connectivity index (χ2n) is 6.30. The third-order valence-corrected chi connectivity index (χ3v) is 4.32. The highest BCUT2D eigenvalue weighted by Crippen LogP contribution is 2.20. The van der Waals surface area contributed by atoms with E-state index in [0.717, 1.165) is 45.6 Å². The van der Waals surface area contributed by atoms with E-state index < -0.39 is 0 Å². The Labute approximate surface area is 150 Å². The maximum absolute atomic E-state index is 6.09. The molecule has 1 fully saturated rings. The highest BCUT2D eigenvalue weighted by Gasteiger charge is 2.20. The van der Waals surface area contributed by atoms with Crippen LogP contribution in [0.4, 0.5) is 0 Å². The molecule has 0 saturated carbocycles. The number of nitrogens with zero attached hydrogens (tertiary/aromatic N) is 4. The van der Waals surface area contributed by atoms with Crippen LogP contribution in [0.3, 0.4) is 0 Å². The predicted octanol–water partition coefficient (Wildman–Crippen LogP) is 1.84. The standard InChI is InChI=1S/C18H30N4O3/c1-5-6-8-15(14-22-10-7-9-21(2)11-12-22)25-18-19-16(23-3)13-17(20-18)24-4/h5,13,15H,1,6-12,14H2,2-4H3/t15-/m0/s1. The molecule has 1 aromatic heterocycles.